The van der Waals surface area contributed by atoms with Crippen molar-refractivity contribution in [3.05, 3.63) is 22.7 Å². The third-order valence-corrected chi connectivity index (χ3v) is 1.49. The number of halogens is 2. The number of nitrogens with one attached hydrogen (secondary N) is 2. The number of hydrogen-bond acceptors (Lipinski definition) is 4. The topological polar surface area (TPSA) is 67.0 Å². The van der Waals surface area contributed by atoms with Gasteiger partial charge in [-0.2, -0.15) is 0 Å². The average molecular weight is 219 g/mol. The van der Waals surface area contributed by atoms with Gasteiger partial charge in [-0.05, 0) is 0 Å². The van der Waals surface area contributed by atoms with Crippen molar-refractivity contribution >= 4 is 5.82 Å². The van der Waals surface area contributed by atoms with E-state index < -0.39 is 13.0 Å². The van der Waals surface area contributed by atoms with E-state index in [1.165, 1.54) is 12.4 Å². The van der Waals surface area contributed by atoms with Crippen LogP contribution in [0.2, 0.25) is 0 Å². The highest BCUT2D eigenvalue weighted by Crippen LogP contribution is 1.93. The summed E-state index contributed by atoms with van der Waals surface area (Å²) >= 11 is 0. The van der Waals surface area contributed by atoms with Crippen LogP contribution in [-0.2, 0) is 4.74 Å². The Labute approximate surface area is 84.5 Å². The first-order chi connectivity index (χ1) is 7.20. The van der Waals surface area contributed by atoms with Gasteiger partial charge < -0.3 is 15.0 Å². The molecule has 15 heavy (non-hydrogen) atoms. The highest BCUT2D eigenvalue weighted by Gasteiger charge is 2.01. The molecule has 0 unspecified atom stereocenters. The van der Waals surface area contributed by atoms with Gasteiger partial charge in [0.15, 0.2) is 5.82 Å². The Bertz CT molecular complexity index is 343. The summed E-state index contributed by atoms with van der Waals surface area (Å²) in [6.45, 7) is -0.243. The molecule has 84 valence electrons. The van der Waals surface area contributed by atoms with Crippen molar-refractivity contribution in [2.75, 3.05) is 25.1 Å². The van der Waals surface area contributed by atoms with Crippen molar-refractivity contribution in [1.82, 2.24) is 9.97 Å². The SMILES string of the molecule is O=c1[nH]ccnc1NCCOCC(F)F. The molecule has 0 saturated heterocycles. The molecule has 0 aromatic carbocycles. The number of nitrogens with zero attached hydrogens (tertiary/aromatic N) is 1. The van der Waals surface area contributed by atoms with Crippen LogP contribution in [0.1, 0.15) is 0 Å². The summed E-state index contributed by atoms with van der Waals surface area (Å²) in [5, 5.41) is 2.66. The van der Waals surface area contributed by atoms with E-state index >= 15 is 0 Å². The molecule has 0 bridgehead atoms. The molecule has 0 radical (unpaired) electrons. The Balaban J connectivity index is 2.21. The zero-order valence-corrected chi connectivity index (χ0v) is 7.87. The van der Waals surface area contributed by atoms with Crippen molar-refractivity contribution in [1.29, 1.82) is 0 Å². The summed E-state index contributed by atoms with van der Waals surface area (Å²) in [6, 6.07) is 0. The minimum Gasteiger partial charge on any atom is -0.374 e. The van der Waals surface area contributed by atoms with Gasteiger partial charge in [-0.15, -0.1) is 0 Å². The molecule has 0 aliphatic carbocycles. The lowest BCUT2D eigenvalue weighted by Gasteiger charge is -2.04. The van der Waals surface area contributed by atoms with Crippen LogP contribution in [0.5, 0.6) is 0 Å². The van der Waals surface area contributed by atoms with Crippen molar-refractivity contribution < 1.29 is 13.5 Å². The number of anilines is 1. The van der Waals surface area contributed by atoms with E-state index in [-0.39, 0.29) is 24.5 Å². The average Bonchev–Trinajstić information content (AvgIpc) is 2.20. The first-order valence-electron chi connectivity index (χ1n) is 4.33. The van der Waals surface area contributed by atoms with Crippen LogP contribution in [0.4, 0.5) is 14.6 Å². The second kappa shape index (κ2) is 6.07. The molecule has 0 saturated carbocycles. The number of hydrogen-bond donors (Lipinski definition) is 2. The van der Waals surface area contributed by atoms with Crippen LogP contribution in [0.25, 0.3) is 0 Å². The fourth-order valence-electron chi connectivity index (χ4n) is 0.892. The zero-order chi connectivity index (χ0) is 11.1. The van der Waals surface area contributed by atoms with Crippen LogP contribution in [-0.4, -0.2) is 36.2 Å². The van der Waals surface area contributed by atoms with E-state index in [1.54, 1.807) is 0 Å². The van der Waals surface area contributed by atoms with Crippen molar-refractivity contribution in [2.45, 2.75) is 6.43 Å². The third-order valence-electron chi connectivity index (χ3n) is 1.49. The maximum Gasteiger partial charge on any atom is 0.290 e. The minimum atomic E-state index is -2.47. The number of rotatable bonds is 6. The van der Waals surface area contributed by atoms with E-state index in [9.17, 15) is 13.6 Å². The first kappa shape index (κ1) is 11.6. The third kappa shape index (κ3) is 4.50. The molecule has 2 N–H and O–H groups in total. The second-order valence-electron chi connectivity index (χ2n) is 2.66. The molecule has 1 aromatic heterocycles. The van der Waals surface area contributed by atoms with Gasteiger partial charge in [0.2, 0.25) is 0 Å². The summed E-state index contributed by atoms with van der Waals surface area (Å²) in [5.74, 6) is 0.151. The molecule has 7 heteroatoms. The molecular weight excluding hydrogens is 208 g/mol. The highest BCUT2D eigenvalue weighted by molar-refractivity contribution is 5.29. The van der Waals surface area contributed by atoms with Crippen molar-refractivity contribution in [3.8, 4) is 0 Å². The van der Waals surface area contributed by atoms with E-state index in [2.05, 4.69) is 20.0 Å². The van der Waals surface area contributed by atoms with Gasteiger partial charge >= 0.3 is 0 Å². The number of aromatic amines is 1. The van der Waals surface area contributed by atoms with Gasteiger partial charge in [0.05, 0.1) is 6.61 Å². The van der Waals surface area contributed by atoms with Gasteiger partial charge in [-0.1, -0.05) is 0 Å². The fourth-order valence-corrected chi connectivity index (χ4v) is 0.892. The largest absolute Gasteiger partial charge is 0.374 e. The Morgan fingerprint density at radius 2 is 2.40 bits per heavy atom. The smallest absolute Gasteiger partial charge is 0.290 e. The number of ether oxygens (including phenoxy) is 1. The summed E-state index contributed by atoms with van der Waals surface area (Å²) < 4.78 is 27.9. The quantitative estimate of drug-likeness (QED) is 0.682. The molecule has 1 rings (SSSR count). The lowest BCUT2D eigenvalue weighted by molar-refractivity contribution is 0.0214. The zero-order valence-electron chi connectivity index (χ0n) is 7.87. The second-order valence-corrected chi connectivity index (χ2v) is 2.66. The monoisotopic (exact) mass is 219 g/mol. The molecule has 1 aromatic rings. The summed E-state index contributed by atoms with van der Waals surface area (Å²) in [6.07, 6.45) is 0.355. The summed E-state index contributed by atoms with van der Waals surface area (Å²) in [5.41, 5.74) is -0.355. The number of aromatic nitrogens is 2. The minimum absolute atomic E-state index is 0.0976. The molecule has 0 amide bonds. The molecule has 0 spiro atoms. The van der Waals surface area contributed by atoms with E-state index in [1.807, 2.05) is 0 Å². The predicted octanol–water partition coefficient (Wildman–Crippen LogP) is 0.463. The highest BCUT2D eigenvalue weighted by atomic mass is 19.3. The summed E-state index contributed by atoms with van der Waals surface area (Å²) in [4.78, 5) is 17.2. The van der Waals surface area contributed by atoms with E-state index in [0.29, 0.717) is 0 Å². The lowest BCUT2D eigenvalue weighted by atomic mass is 10.6. The van der Waals surface area contributed by atoms with Crippen LogP contribution in [0.3, 0.4) is 0 Å². The summed E-state index contributed by atoms with van der Waals surface area (Å²) in [7, 11) is 0. The number of H-pyrrole nitrogens is 1. The van der Waals surface area contributed by atoms with Gasteiger partial charge in [0, 0.05) is 18.9 Å². The lowest BCUT2D eigenvalue weighted by Crippen LogP contribution is -2.19. The molecule has 5 nitrogen and oxygen atoms in total. The van der Waals surface area contributed by atoms with E-state index in [0.717, 1.165) is 0 Å². The van der Waals surface area contributed by atoms with Crippen molar-refractivity contribution in [3.63, 3.8) is 0 Å². The number of alkyl halides is 2. The Kier molecular flexibility index (Phi) is 4.69. The van der Waals surface area contributed by atoms with Gasteiger partial charge in [0.1, 0.15) is 6.61 Å². The van der Waals surface area contributed by atoms with Crippen LogP contribution in [0, 0.1) is 0 Å². The fraction of sp³-hybridized carbons (Fsp3) is 0.500. The molecule has 0 fully saturated rings. The van der Waals surface area contributed by atoms with Crippen LogP contribution < -0.4 is 10.9 Å². The molecular formula is C8H11F2N3O2. The van der Waals surface area contributed by atoms with Crippen molar-refractivity contribution in [2.24, 2.45) is 0 Å². The van der Waals surface area contributed by atoms with E-state index in [4.69, 9.17) is 0 Å². The molecule has 0 aliphatic rings. The Morgan fingerprint density at radius 3 is 3.07 bits per heavy atom. The standard InChI is InChI=1S/C8H11F2N3O2/c9-6(10)5-15-4-3-12-7-8(14)13-2-1-11-7/h1-2,6H,3-5H2,(H,11,12)(H,13,14). The predicted molar refractivity (Wildman–Crippen MR) is 50.2 cm³/mol. The molecule has 0 aliphatic heterocycles. The Hall–Kier alpha value is -1.50. The van der Waals surface area contributed by atoms with Gasteiger partial charge in [-0.25, -0.2) is 13.8 Å². The maximum absolute atomic E-state index is 11.6. The van der Waals surface area contributed by atoms with Gasteiger partial charge in [-0.3, -0.25) is 4.79 Å². The van der Waals surface area contributed by atoms with Crippen LogP contribution >= 0.6 is 0 Å². The Morgan fingerprint density at radius 1 is 1.60 bits per heavy atom. The molecule has 1 heterocycles. The van der Waals surface area contributed by atoms with Crippen LogP contribution in [0.15, 0.2) is 17.2 Å². The maximum atomic E-state index is 11.6. The molecule has 0 atom stereocenters. The first-order valence-corrected chi connectivity index (χ1v) is 4.33. The van der Waals surface area contributed by atoms with Gasteiger partial charge in [0.25, 0.3) is 12.0 Å². The normalized spacial score (nSPS) is 10.6.